The molecule has 0 aliphatic carbocycles. The molecule has 6 nitrogen and oxygen atoms in total. The van der Waals surface area contributed by atoms with Crippen LogP contribution in [0.4, 0.5) is 15.8 Å². The first-order valence-electron chi connectivity index (χ1n) is 11.1. The van der Waals surface area contributed by atoms with E-state index < -0.39 is 0 Å². The van der Waals surface area contributed by atoms with Crippen LogP contribution in [0.1, 0.15) is 31.1 Å². The van der Waals surface area contributed by atoms with E-state index in [0.717, 1.165) is 32.5 Å². The SMILES string of the molecule is C#C.C/C=C\C=C/CN(C)Nc1c(C=O)cnc2cc(N3CCN(C(C)C)CC3)c(F)cc12. The molecule has 176 valence electrons. The van der Waals surface area contributed by atoms with Gasteiger partial charge in [0.05, 0.1) is 22.5 Å². The normalized spacial score (nSPS) is 14.9. The lowest BCUT2D eigenvalue weighted by Crippen LogP contribution is -2.49. The number of terminal acetylenes is 1. The second-order valence-electron chi connectivity index (χ2n) is 8.09. The molecule has 0 bridgehead atoms. The topological polar surface area (TPSA) is 51.7 Å². The van der Waals surface area contributed by atoms with Crippen LogP contribution in [0.25, 0.3) is 10.9 Å². The predicted octanol–water partition coefficient (Wildman–Crippen LogP) is 4.36. The minimum atomic E-state index is -0.297. The summed E-state index contributed by atoms with van der Waals surface area (Å²) in [6.45, 7) is 10.3. The smallest absolute Gasteiger partial charge is 0.153 e. The lowest BCUT2D eigenvalue weighted by molar-refractivity contribution is 0.112. The van der Waals surface area contributed by atoms with Crippen LogP contribution in [0.2, 0.25) is 0 Å². The summed E-state index contributed by atoms with van der Waals surface area (Å²) in [5, 5.41) is 2.44. The van der Waals surface area contributed by atoms with Crippen molar-refractivity contribution in [1.29, 1.82) is 0 Å². The molecule has 0 amide bonds. The highest BCUT2D eigenvalue weighted by atomic mass is 19.1. The number of carbonyl (C=O) groups excluding carboxylic acids is 1. The number of aromatic nitrogens is 1. The molecule has 33 heavy (non-hydrogen) atoms. The van der Waals surface area contributed by atoms with Crippen LogP contribution in [0.15, 0.2) is 42.6 Å². The van der Waals surface area contributed by atoms with Crippen LogP contribution < -0.4 is 10.3 Å². The number of nitrogens with zero attached hydrogens (tertiary/aromatic N) is 4. The van der Waals surface area contributed by atoms with Gasteiger partial charge in [-0.05, 0) is 32.9 Å². The Morgan fingerprint density at radius 1 is 1.21 bits per heavy atom. The van der Waals surface area contributed by atoms with Crippen molar-refractivity contribution >= 4 is 28.6 Å². The molecule has 2 aromatic rings. The van der Waals surface area contributed by atoms with E-state index in [9.17, 15) is 4.79 Å². The number of rotatable bonds is 8. The van der Waals surface area contributed by atoms with Gasteiger partial charge in [-0.25, -0.2) is 9.40 Å². The molecule has 0 radical (unpaired) electrons. The van der Waals surface area contributed by atoms with Crippen molar-refractivity contribution in [1.82, 2.24) is 14.9 Å². The fraction of sp³-hybridized carbons (Fsp3) is 0.385. The van der Waals surface area contributed by atoms with E-state index in [1.165, 1.54) is 6.07 Å². The summed E-state index contributed by atoms with van der Waals surface area (Å²) in [5.41, 5.74) is 5.42. The summed E-state index contributed by atoms with van der Waals surface area (Å²) in [6, 6.07) is 3.78. The number of piperazine rings is 1. The second-order valence-corrected chi connectivity index (χ2v) is 8.09. The predicted molar refractivity (Wildman–Crippen MR) is 136 cm³/mol. The number of hydrogen-bond donors (Lipinski definition) is 1. The van der Waals surface area contributed by atoms with Gasteiger partial charge >= 0.3 is 0 Å². The molecule has 1 aliphatic heterocycles. The quantitative estimate of drug-likeness (QED) is 0.279. The molecule has 1 aliphatic rings. The third-order valence-electron chi connectivity index (χ3n) is 5.60. The lowest BCUT2D eigenvalue weighted by Gasteiger charge is -2.38. The maximum absolute atomic E-state index is 15.2. The maximum atomic E-state index is 15.2. The maximum Gasteiger partial charge on any atom is 0.153 e. The fourth-order valence-electron chi connectivity index (χ4n) is 3.80. The number of nitrogens with one attached hydrogen (secondary N) is 1. The zero-order valence-corrected chi connectivity index (χ0v) is 20.0. The van der Waals surface area contributed by atoms with Crippen molar-refractivity contribution in [2.75, 3.05) is 50.1 Å². The largest absolute Gasteiger partial charge is 0.367 e. The minimum Gasteiger partial charge on any atom is -0.367 e. The van der Waals surface area contributed by atoms with E-state index in [1.54, 1.807) is 12.3 Å². The van der Waals surface area contributed by atoms with Gasteiger partial charge in [-0.3, -0.25) is 14.7 Å². The van der Waals surface area contributed by atoms with Gasteiger partial charge in [0.2, 0.25) is 0 Å². The molecule has 0 unspecified atom stereocenters. The molecule has 1 N–H and O–H groups in total. The average Bonchev–Trinajstić information content (AvgIpc) is 2.83. The van der Waals surface area contributed by atoms with Crippen molar-refractivity contribution in [2.24, 2.45) is 0 Å². The van der Waals surface area contributed by atoms with Gasteiger partial charge in [-0.15, -0.1) is 12.8 Å². The van der Waals surface area contributed by atoms with Gasteiger partial charge in [0.15, 0.2) is 6.29 Å². The molecule has 1 aromatic carbocycles. The summed E-state index contributed by atoms with van der Waals surface area (Å²) >= 11 is 0. The highest BCUT2D eigenvalue weighted by Crippen LogP contribution is 2.32. The molecule has 0 spiro atoms. The minimum absolute atomic E-state index is 0.297. The van der Waals surface area contributed by atoms with Gasteiger partial charge in [0, 0.05) is 57.4 Å². The molecule has 1 saturated heterocycles. The van der Waals surface area contributed by atoms with Crippen LogP contribution in [-0.4, -0.2) is 67.0 Å². The fourth-order valence-corrected chi connectivity index (χ4v) is 3.80. The molecular formula is C26H34FN5O. The summed E-state index contributed by atoms with van der Waals surface area (Å²) < 4.78 is 15.2. The highest BCUT2D eigenvalue weighted by molar-refractivity contribution is 6.01. The van der Waals surface area contributed by atoms with Crippen molar-refractivity contribution < 1.29 is 9.18 Å². The molecule has 0 saturated carbocycles. The van der Waals surface area contributed by atoms with Crippen LogP contribution in [0.5, 0.6) is 0 Å². The van der Waals surface area contributed by atoms with E-state index >= 15 is 4.39 Å². The standard InChI is InChI=1S/C24H32FN5O.C2H2/c1-5-6-7-8-9-28(4)27-24-19(17-31)16-26-22-15-23(21(25)14-20(22)24)30-12-10-29(11-13-30)18(2)3;1-2/h5-8,14-18H,9-13H2,1-4H3,(H,26,27);1-2H/b6-5-,8-7-;. The number of anilines is 2. The number of aldehydes is 1. The Bertz CT molecular complexity index is 1010. The van der Waals surface area contributed by atoms with Gasteiger partial charge in [0.1, 0.15) is 5.82 Å². The molecule has 0 atom stereocenters. The summed E-state index contributed by atoms with van der Waals surface area (Å²) in [7, 11) is 1.87. The first-order chi connectivity index (χ1) is 15.9. The Hall–Kier alpha value is -3.21. The third-order valence-corrected chi connectivity index (χ3v) is 5.60. The summed E-state index contributed by atoms with van der Waals surface area (Å²) in [4.78, 5) is 20.5. The van der Waals surface area contributed by atoms with Crippen LogP contribution in [-0.2, 0) is 0 Å². The van der Waals surface area contributed by atoms with E-state index in [1.807, 2.05) is 43.3 Å². The van der Waals surface area contributed by atoms with E-state index in [0.29, 0.717) is 40.4 Å². The molecule has 7 heteroatoms. The van der Waals surface area contributed by atoms with E-state index in [2.05, 4.69) is 46.9 Å². The Kier molecular flexibility index (Phi) is 10.0. The number of allylic oxidation sites excluding steroid dienone is 3. The molecule has 3 rings (SSSR count). The monoisotopic (exact) mass is 451 g/mol. The highest BCUT2D eigenvalue weighted by Gasteiger charge is 2.22. The molecule has 1 aromatic heterocycles. The zero-order chi connectivity index (χ0) is 24.4. The number of pyridine rings is 1. The van der Waals surface area contributed by atoms with Crippen LogP contribution in [0.3, 0.4) is 0 Å². The number of hydrazine groups is 1. The Labute approximate surface area is 196 Å². The number of halogens is 1. The molecule has 2 heterocycles. The van der Waals surface area contributed by atoms with E-state index in [-0.39, 0.29) is 5.82 Å². The Balaban J connectivity index is 0.00000187. The van der Waals surface area contributed by atoms with Gasteiger partial charge in [-0.1, -0.05) is 24.3 Å². The number of likely N-dealkylation sites (N-methyl/N-ethyl adjacent to an activating group) is 1. The lowest BCUT2D eigenvalue weighted by atomic mass is 10.1. The Morgan fingerprint density at radius 2 is 1.91 bits per heavy atom. The number of benzene rings is 1. The van der Waals surface area contributed by atoms with Crippen molar-refractivity contribution in [3.8, 4) is 12.8 Å². The number of hydrogen-bond acceptors (Lipinski definition) is 6. The van der Waals surface area contributed by atoms with Gasteiger partial charge in [-0.2, -0.15) is 0 Å². The van der Waals surface area contributed by atoms with Crippen molar-refractivity contribution in [3.63, 3.8) is 0 Å². The Morgan fingerprint density at radius 3 is 2.52 bits per heavy atom. The molecular weight excluding hydrogens is 417 g/mol. The van der Waals surface area contributed by atoms with Gasteiger partial charge < -0.3 is 10.3 Å². The average molecular weight is 452 g/mol. The molecule has 1 fully saturated rings. The first-order valence-corrected chi connectivity index (χ1v) is 11.1. The summed E-state index contributed by atoms with van der Waals surface area (Å²) in [6.07, 6.45) is 18.1. The number of fused-ring (bicyclic) bond motifs is 1. The second kappa shape index (κ2) is 12.7. The zero-order valence-electron chi connectivity index (χ0n) is 20.0. The first kappa shape index (κ1) is 26.0. The number of carbonyl (C=O) groups is 1. The van der Waals surface area contributed by atoms with Crippen LogP contribution >= 0.6 is 0 Å². The van der Waals surface area contributed by atoms with E-state index in [4.69, 9.17) is 0 Å². The van der Waals surface area contributed by atoms with Crippen LogP contribution in [0, 0.1) is 18.7 Å². The third kappa shape index (κ3) is 6.64. The summed E-state index contributed by atoms with van der Waals surface area (Å²) in [5.74, 6) is -0.297. The van der Waals surface area contributed by atoms with Gasteiger partial charge in [0.25, 0.3) is 0 Å². The van der Waals surface area contributed by atoms with Crippen molar-refractivity contribution in [3.05, 3.63) is 54.0 Å². The van der Waals surface area contributed by atoms with Crippen molar-refractivity contribution in [2.45, 2.75) is 26.8 Å².